The largest absolute Gasteiger partial charge is 0.356 e. The zero-order valence-corrected chi connectivity index (χ0v) is 16.5. The second-order valence-electron chi connectivity index (χ2n) is 7.12. The van der Waals surface area contributed by atoms with Crippen LogP contribution in [0.25, 0.3) is 0 Å². The zero-order chi connectivity index (χ0) is 18.4. The summed E-state index contributed by atoms with van der Waals surface area (Å²) >= 11 is 0. The maximum Gasteiger partial charge on any atom is 0.191 e. The Morgan fingerprint density at radius 1 is 1.17 bits per heavy atom. The first-order valence-electron chi connectivity index (χ1n) is 8.30. The molecule has 0 aromatic heterocycles. The fraction of sp³-hybridized carbons (Fsp3) is 0.611. The molecule has 0 amide bonds. The zero-order valence-electron chi connectivity index (χ0n) is 15.7. The Labute approximate surface area is 146 Å². The number of hydrogen-bond donors (Lipinski definition) is 2. The average molecular weight is 354 g/mol. The van der Waals surface area contributed by atoms with Crippen molar-refractivity contribution in [2.75, 3.05) is 25.9 Å². The van der Waals surface area contributed by atoms with E-state index in [1.807, 2.05) is 0 Å². The number of hydrogen-bond acceptors (Lipinski definition) is 3. The highest BCUT2D eigenvalue weighted by Gasteiger charge is 2.28. The van der Waals surface area contributed by atoms with Crippen molar-refractivity contribution in [3.8, 4) is 0 Å². The molecule has 6 heteroatoms. The van der Waals surface area contributed by atoms with Gasteiger partial charge < -0.3 is 10.6 Å². The van der Waals surface area contributed by atoms with Crippen LogP contribution in [0.5, 0.6) is 0 Å². The number of aryl methyl sites for hydroxylation is 1. The number of nitrogens with zero attached hydrogens (tertiary/aromatic N) is 1. The van der Waals surface area contributed by atoms with Gasteiger partial charge in [0.25, 0.3) is 0 Å². The molecule has 1 rings (SSSR count). The van der Waals surface area contributed by atoms with Gasteiger partial charge in [0.05, 0.1) is 10.5 Å². The number of sulfone groups is 1. The fourth-order valence-corrected chi connectivity index (χ4v) is 3.08. The highest BCUT2D eigenvalue weighted by atomic mass is 32.2. The Morgan fingerprint density at radius 2 is 1.75 bits per heavy atom. The predicted molar refractivity (Wildman–Crippen MR) is 102 cm³/mol. The van der Waals surface area contributed by atoms with E-state index in [1.165, 1.54) is 11.1 Å². The van der Waals surface area contributed by atoms with Gasteiger partial charge in [-0.2, -0.15) is 0 Å². The molecule has 0 aliphatic rings. The quantitative estimate of drug-likeness (QED) is 0.609. The minimum absolute atomic E-state index is 0.0880. The molecular formula is C18H31N3O2S. The van der Waals surface area contributed by atoms with Crippen molar-refractivity contribution in [2.24, 2.45) is 4.99 Å². The van der Waals surface area contributed by atoms with Gasteiger partial charge in [-0.25, -0.2) is 8.42 Å². The van der Waals surface area contributed by atoms with E-state index >= 15 is 0 Å². The van der Waals surface area contributed by atoms with Gasteiger partial charge in [-0.05, 0) is 39.2 Å². The van der Waals surface area contributed by atoms with E-state index in [4.69, 9.17) is 0 Å². The molecule has 0 bridgehead atoms. The van der Waals surface area contributed by atoms with Crippen molar-refractivity contribution in [3.05, 3.63) is 35.4 Å². The van der Waals surface area contributed by atoms with Crippen LogP contribution in [0.3, 0.4) is 0 Å². The van der Waals surface area contributed by atoms with E-state index in [9.17, 15) is 8.42 Å². The molecule has 2 N–H and O–H groups in total. The number of rotatable bonds is 6. The van der Waals surface area contributed by atoms with E-state index in [2.05, 4.69) is 53.7 Å². The fourth-order valence-electron chi connectivity index (χ4n) is 2.09. The minimum Gasteiger partial charge on any atom is -0.356 e. The van der Waals surface area contributed by atoms with Gasteiger partial charge in [-0.3, -0.25) is 4.99 Å². The monoisotopic (exact) mass is 353 g/mol. The predicted octanol–water partition coefficient (Wildman–Crippen LogP) is 2.48. The van der Waals surface area contributed by atoms with Crippen molar-refractivity contribution in [3.63, 3.8) is 0 Å². The third-order valence-corrected chi connectivity index (χ3v) is 6.65. The maximum absolute atomic E-state index is 12.1. The molecular weight excluding hydrogens is 322 g/mol. The first-order chi connectivity index (χ1) is 11.1. The second kappa shape index (κ2) is 8.51. The van der Waals surface area contributed by atoms with E-state index in [0.717, 1.165) is 6.54 Å². The Balaban J connectivity index is 2.47. The minimum atomic E-state index is -3.13. The lowest BCUT2D eigenvalue weighted by Gasteiger charge is -2.20. The highest BCUT2D eigenvalue weighted by molar-refractivity contribution is 7.92. The Morgan fingerprint density at radius 3 is 2.25 bits per heavy atom. The molecule has 0 radical (unpaired) electrons. The Kier molecular flexibility index (Phi) is 7.27. The average Bonchev–Trinajstić information content (AvgIpc) is 2.49. The number of aliphatic imine (C=N–C) groups is 1. The first-order valence-corrected chi connectivity index (χ1v) is 9.95. The molecule has 0 heterocycles. The molecule has 0 aliphatic carbocycles. The molecule has 1 aromatic carbocycles. The lowest BCUT2D eigenvalue weighted by molar-refractivity contribution is 0.559. The van der Waals surface area contributed by atoms with Gasteiger partial charge in [0.15, 0.2) is 15.8 Å². The molecule has 136 valence electrons. The topological polar surface area (TPSA) is 70.6 Å². The van der Waals surface area contributed by atoms with Crippen LogP contribution in [0.4, 0.5) is 0 Å². The van der Waals surface area contributed by atoms with E-state index in [1.54, 1.807) is 27.8 Å². The smallest absolute Gasteiger partial charge is 0.191 e. The lowest BCUT2D eigenvalue weighted by atomic mass is 10.0. The third kappa shape index (κ3) is 6.15. The third-order valence-electron chi connectivity index (χ3n) is 4.04. The second-order valence-corrected chi connectivity index (χ2v) is 9.99. The molecule has 0 spiro atoms. The van der Waals surface area contributed by atoms with E-state index < -0.39 is 14.6 Å². The lowest BCUT2D eigenvalue weighted by Crippen LogP contribution is -2.42. The van der Waals surface area contributed by atoms with Crippen LogP contribution in [-0.2, 0) is 9.84 Å². The van der Waals surface area contributed by atoms with Gasteiger partial charge >= 0.3 is 0 Å². The molecule has 0 aliphatic heterocycles. The molecule has 5 nitrogen and oxygen atoms in total. The van der Waals surface area contributed by atoms with Crippen LogP contribution in [0.1, 0.15) is 44.7 Å². The summed E-state index contributed by atoms with van der Waals surface area (Å²) in [6, 6.07) is 8.48. The summed E-state index contributed by atoms with van der Waals surface area (Å²) in [5, 5.41) is 6.32. The van der Waals surface area contributed by atoms with Gasteiger partial charge in [-0.1, -0.05) is 36.8 Å². The van der Waals surface area contributed by atoms with Gasteiger partial charge in [0.2, 0.25) is 0 Å². The molecule has 1 atom stereocenters. The van der Waals surface area contributed by atoms with Crippen LogP contribution in [0.15, 0.2) is 29.3 Å². The van der Waals surface area contributed by atoms with Gasteiger partial charge in [-0.15, -0.1) is 0 Å². The van der Waals surface area contributed by atoms with Crippen molar-refractivity contribution in [1.82, 2.24) is 10.6 Å². The summed E-state index contributed by atoms with van der Waals surface area (Å²) in [4.78, 5) is 4.15. The van der Waals surface area contributed by atoms with Gasteiger partial charge in [0, 0.05) is 20.1 Å². The molecule has 1 unspecified atom stereocenters. The van der Waals surface area contributed by atoms with Crippen LogP contribution in [-0.4, -0.2) is 45.0 Å². The normalized spacial score (nSPS) is 14.3. The first kappa shape index (κ1) is 20.5. The Bertz CT molecular complexity index is 644. The van der Waals surface area contributed by atoms with Crippen molar-refractivity contribution >= 4 is 15.8 Å². The molecule has 0 saturated carbocycles. The molecule has 0 saturated heterocycles. The van der Waals surface area contributed by atoms with Crippen LogP contribution in [0.2, 0.25) is 0 Å². The van der Waals surface area contributed by atoms with E-state index in [0.29, 0.717) is 18.4 Å². The molecule has 0 fully saturated rings. The summed E-state index contributed by atoms with van der Waals surface area (Å²) in [7, 11) is -1.44. The van der Waals surface area contributed by atoms with Crippen LogP contribution >= 0.6 is 0 Å². The SMILES string of the molecule is CN=C(NCCS(=O)(=O)C(C)(C)C)NCC(C)c1ccc(C)cc1. The van der Waals surface area contributed by atoms with Crippen molar-refractivity contribution < 1.29 is 8.42 Å². The summed E-state index contributed by atoms with van der Waals surface area (Å²) in [6.07, 6.45) is 0. The summed E-state index contributed by atoms with van der Waals surface area (Å²) in [5.74, 6) is 1.05. The number of benzene rings is 1. The van der Waals surface area contributed by atoms with Crippen molar-refractivity contribution in [1.29, 1.82) is 0 Å². The van der Waals surface area contributed by atoms with Crippen molar-refractivity contribution in [2.45, 2.75) is 45.3 Å². The maximum atomic E-state index is 12.1. The number of guanidine groups is 1. The Hall–Kier alpha value is -1.56. The summed E-state index contributed by atoms with van der Waals surface area (Å²) in [6.45, 7) is 10.5. The van der Waals surface area contributed by atoms with Crippen LogP contribution < -0.4 is 10.6 Å². The van der Waals surface area contributed by atoms with Crippen LogP contribution in [0, 0.1) is 6.92 Å². The van der Waals surface area contributed by atoms with E-state index in [-0.39, 0.29) is 5.75 Å². The highest BCUT2D eigenvalue weighted by Crippen LogP contribution is 2.15. The molecule has 24 heavy (non-hydrogen) atoms. The molecule has 1 aromatic rings. The van der Waals surface area contributed by atoms with Gasteiger partial charge in [0.1, 0.15) is 0 Å². The summed E-state index contributed by atoms with van der Waals surface area (Å²) < 4.78 is 23.5. The standard InChI is InChI=1S/C18H31N3O2S/c1-14-7-9-16(10-8-14)15(2)13-21-17(19-6)20-11-12-24(22,23)18(3,4)5/h7-10,15H,11-13H2,1-6H3,(H2,19,20,21). The number of nitrogens with one attached hydrogen (secondary N) is 2. The summed E-state index contributed by atoms with van der Waals surface area (Å²) in [5.41, 5.74) is 2.51.